The van der Waals surface area contributed by atoms with Gasteiger partial charge in [0.05, 0.1) is 7.11 Å². The lowest BCUT2D eigenvalue weighted by molar-refractivity contribution is -0.142. The highest BCUT2D eigenvalue weighted by Crippen LogP contribution is 2.22. The fraction of sp³-hybridized carbons (Fsp3) is 0.250. The van der Waals surface area contributed by atoms with Gasteiger partial charge >= 0.3 is 0 Å². The summed E-state index contributed by atoms with van der Waals surface area (Å²) in [6.07, 6.45) is 0.556. The van der Waals surface area contributed by atoms with E-state index < -0.39 is 12.1 Å². The molecular formula is C36H40N4O4. The lowest BCUT2D eigenvalue weighted by Crippen LogP contribution is -2.55. The van der Waals surface area contributed by atoms with E-state index in [4.69, 9.17) is 10.5 Å². The Morgan fingerprint density at radius 2 is 1.32 bits per heavy atom. The number of nitrogens with zero attached hydrogens (tertiary/aromatic N) is 2. The third-order valence-electron chi connectivity index (χ3n) is 7.92. The molecular weight excluding hydrogens is 552 g/mol. The number of nitrogens with one attached hydrogen (secondary N) is 1. The smallest absolute Gasteiger partial charge is 0.254 e. The van der Waals surface area contributed by atoms with Crippen LogP contribution in [-0.4, -0.2) is 67.9 Å². The first-order chi connectivity index (χ1) is 21.2. The molecule has 0 saturated carbocycles. The predicted octanol–water partition coefficient (Wildman–Crippen LogP) is 4.32. The molecule has 0 spiro atoms. The molecule has 44 heavy (non-hydrogen) atoms. The molecule has 0 bridgehead atoms. The largest absolute Gasteiger partial charge is 0.497 e. The van der Waals surface area contributed by atoms with Crippen molar-refractivity contribution in [3.63, 3.8) is 0 Å². The minimum atomic E-state index is -0.875. The van der Waals surface area contributed by atoms with E-state index in [9.17, 15) is 14.4 Å². The van der Waals surface area contributed by atoms with Crippen molar-refractivity contribution in [2.45, 2.75) is 31.5 Å². The number of nitrogens with two attached hydrogens (primary N) is 1. The molecule has 0 heterocycles. The lowest BCUT2D eigenvalue weighted by atomic mass is 9.97. The maximum Gasteiger partial charge on any atom is 0.254 e. The highest BCUT2D eigenvalue weighted by Gasteiger charge is 2.35. The molecule has 228 valence electrons. The van der Waals surface area contributed by atoms with Gasteiger partial charge in [-0.3, -0.25) is 14.4 Å². The van der Waals surface area contributed by atoms with E-state index in [1.54, 1.807) is 46.5 Å². The highest BCUT2D eigenvalue weighted by molar-refractivity contribution is 5.98. The van der Waals surface area contributed by atoms with Gasteiger partial charge in [0.2, 0.25) is 11.8 Å². The molecule has 0 aliphatic carbocycles. The van der Waals surface area contributed by atoms with E-state index in [-0.39, 0.29) is 24.1 Å². The third-order valence-corrected chi connectivity index (χ3v) is 7.92. The number of hydrogen-bond donors (Lipinski definition) is 2. The fourth-order valence-corrected chi connectivity index (χ4v) is 5.20. The Morgan fingerprint density at radius 3 is 1.91 bits per heavy atom. The molecule has 4 rings (SSSR count). The number of rotatable bonds is 12. The summed E-state index contributed by atoms with van der Waals surface area (Å²) in [7, 11) is 6.39. The second-order valence-corrected chi connectivity index (χ2v) is 10.7. The second kappa shape index (κ2) is 15.0. The van der Waals surface area contributed by atoms with E-state index in [1.807, 2.05) is 84.9 Å². The van der Waals surface area contributed by atoms with Gasteiger partial charge in [-0.25, -0.2) is 0 Å². The quantitative estimate of drug-likeness (QED) is 0.255. The molecule has 0 aliphatic rings. The van der Waals surface area contributed by atoms with Gasteiger partial charge in [0.15, 0.2) is 0 Å². The molecule has 0 radical (unpaired) electrons. The van der Waals surface area contributed by atoms with Crippen molar-refractivity contribution in [2.24, 2.45) is 5.73 Å². The lowest BCUT2D eigenvalue weighted by Gasteiger charge is -2.34. The molecule has 0 aromatic heterocycles. The van der Waals surface area contributed by atoms with Crippen molar-refractivity contribution in [3.05, 3.63) is 125 Å². The van der Waals surface area contributed by atoms with Crippen molar-refractivity contribution in [1.29, 1.82) is 0 Å². The summed E-state index contributed by atoms with van der Waals surface area (Å²) < 4.78 is 5.26. The maximum absolute atomic E-state index is 14.3. The number of amides is 3. The van der Waals surface area contributed by atoms with Crippen LogP contribution in [-0.2, 0) is 29.0 Å². The number of methoxy groups -OCH3 is 1. The van der Waals surface area contributed by atoms with Crippen LogP contribution in [0.4, 0.5) is 0 Å². The van der Waals surface area contributed by atoms with Crippen molar-refractivity contribution >= 4 is 17.7 Å². The molecule has 3 amide bonds. The van der Waals surface area contributed by atoms with Gasteiger partial charge in [-0.2, -0.15) is 0 Å². The Balaban J connectivity index is 1.65. The first-order valence-electron chi connectivity index (χ1n) is 14.6. The van der Waals surface area contributed by atoms with E-state index in [0.717, 1.165) is 27.8 Å². The van der Waals surface area contributed by atoms with Gasteiger partial charge in [0, 0.05) is 46.1 Å². The van der Waals surface area contributed by atoms with E-state index >= 15 is 0 Å². The number of hydrogen-bond acceptors (Lipinski definition) is 5. The summed E-state index contributed by atoms with van der Waals surface area (Å²) in [4.78, 5) is 44.1. The van der Waals surface area contributed by atoms with Crippen LogP contribution in [0.15, 0.2) is 103 Å². The average Bonchev–Trinajstić information content (AvgIpc) is 3.08. The van der Waals surface area contributed by atoms with Crippen LogP contribution in [0.5, 0.6) is 5.75 Å². The number of carbonyl (C=O) groups is 3. The van der Waals surface area contributed by atoms with Crippen molar-refractivity contribution in [1.82, 2.24) is 15.1 Å². The standard InChI is InChI=1S/C36H40N4O4/c1-38-34(41)32(22-26-15-19-31(44-4)20-16-26)39(2)36(43)33(40(3)35(42)30-12-8-9-27(21-30)24-37)23-25-13-17-29(18-14-25)28-10-6-5-7-11-28/h5-21,32-33H,22-24,37H2,1-4H3,(H,38,41)/t32-,33-/m1/s1. The fourth-order valence-electron chi connectivity index (χ4n) is 5.20. The Labute approximate surface area is 259 Å². The molecule has 8 heteroatoms. The number of likely N-dealkylation sites (N-methyl/N-ethyl adjacent to an activating group) is 3. The zero-order valence-corrected chi connectivity index (χ0v) is 25.7. The first-order valence-corrected chi connectivity index (χ1v) is 14.6. The predicted molar refractivity (Wildman–Crippen MR) is 173 cm³/mol. The van der Waals surface area contributed by atoms with E-state index in [0.29, 0.717) is 24.3 Å². The van der Waals surface area contributed by atoms with Gasteiger partial charge in [0.25, 0.3) is 5.91 Å². The number of carbonyl (C=O) groups excluding carboxylic acids is 3. The molecule has 8 nitrogen and oxygen atoms in total. The summed E-state index contributed by atoms with van der Waals surface area (Å²) in [6, 6.07) is 30.8. The zero-order valence-electron chi connectivity index (χ0n) is 25.7. The SMILES string of the molecule is CNC(=O)[C@@H](Cc1ccc(OC)cc1)N(C)C(=O)[C@@H](Cc1ccc(-c2ccccc2)cc1)N(C)C(=O)c1cccc(CN)c1. The summed E-state index contributed by atoms with van der Waals surface area (Å²) in [5.74, 6) is -0.246. The van der Waals surface area contributed by atoms with Crippen molar-refractivity contribution in [2.75, 3.05) is 28.3 Å². The molecule has 0 unspecified atom stereocenters. The topological polar surface area (TPSA) is 105 Å². The van der Waals surface area contributed by atoms with Gasteiger partial charge in [-0.1, -0.05) is 78.9 Å². The Morgan fingerprint density at radius 1 is 0.727 bits per heavy atom. The molecule has 2 atom stereocenters. The Bertz CT molecular complexity index is 1560. The minimum Gasteiger partial charge on any atom is -0.497 e. The normalized spacial score (nSPS) is 12.1. The summed E-state index contributed by atoms with van der Waals surface area (Å²) in [6.45, 7) is 0.295. The van der Waals surface area contributed by atoms with Gasteiger partial charge in [0.1, 0.15) is 17.8 Å². The molecule has 0 fully saturated rings. The molecule has 4 aromatic carbocycles. The Kier molecular flexibility index (Phi) is 10.9. The summed E-state index contributed by atoms with van der Waals surface area (Å²) in [5, 5.41) is 2.69. The highest BCUT2D eigenvalue weighted by atomic mass is 16.5. The van der Waals surface area contributed by atoms with Crippen LogP contribution in [0.3, 0.4) is 0 Å². The summed E-state index contributed by atoms with van der Waals surface area (Å²) >= 11 is 0. The van der Waals surface area contributed by atoms with Crippen molar-refractivity contribution in [3.8, 4) is 16.9 Å². The second-order valence-electron chi connectivity index (χ2n) is 10.7. The van der Waals surface area contributed by atoms with E-state index in [2.05, 4.69) is 5.32 Å². The summed E-state index contributed by atoms with van der Waals surface area (Å²) in [5.41, 5.74) is 11.0. The van der Waals surface area contributed by atoms with Crippen LogP contribution >= 0.6 is 0 Å². The minimum absolute atomic E-state index is 0.264. The third kappa shape index (κ3) is 7.71. The van der Waals surface area contributed by atoms with Crippen LogP contribution in [0.25, 0.3) is 11.1 Å². The number of benzene rings is 4. The van der Waals surface area contributed by atoms with Gasteiger partial charge in [-0.15, -0.1) is 0 Å². The molecule has 0 saturated heterocycles. The van der Waals surface area contributed by atoms with E-state index in [1.165, 1.54) is 9.80 Å². The maximum atomic E-state index is 14.3. The molecule has 0 aliphatic heterocycles. The number of ether oxygens (including phenoxy) is 1. The van der Waals surface area contributed by atoms with Gasteiger partial charge in [-0.05, 0) is 52.1 Å². The van der Waals surface area contributed by atoms with Crippen LogP contribution in [0.1, 0.15) is 27.0 Å². The molecule has 3 N–H and O–H groups in total. The van der Waals surface area contributed by atoms with Crippen LogP contribution < -0.4 is 15.8 Å². The zero-order chi connectivity index (χ0) is 31.6. The van der Waals surface area contributed by atoms with Crippen LogP contribution in [0.2, 0.25) is 0 Å². The van der Waals surface area contributed by atoms with Gasteiger partial charge < -0.3 is 25.6 Å². The van der Waals surface area contributed by atoms with Crippen LogP contribution in [0, 0.1) is 0 Å². The Hall–Kier alpha value is -4.95. The van der Waals surface area contributed by atoms with Crippen molar-refractivity contribution < 1.29 is 19.1 Å². The average molecular weight is 593 g/mol. The first kappa shape index (κ1) is 32.0. The monoisotopic (exact) mass is 592 g/mol. The molecule has 4 aromatic rings.